The summed E-state index contributed by atoms with van der Waals surface area (Å²) in [5.74, 6) is -0.258. The second kappa shape index (κ2) is 5.18. The van der Waals surface area contributed by atoms with E-state index in [1.165, 1.54) is 13.0 Å². The first-order valence-corrected chi connectivity index (χ1v) is 6.03. The number of furan rings is 1. The van der Waals surface area contributed by atoms with Crippen molar-refractivity contribution in [3.05, 3.63) is 46.6 Å². The van der Waals surface area contributed by atoms with Gasteiger partial charge >= 0.3 is 0 Å². The Morgan fingerprint density at radius 1 is 1.11 bits per heavy atom. The van der Waals surface area contributed by atoms with Crippen LogP contribution in [0.15, 0.2) is 45.3 Å². The van der Waals surface area contributed by atoms with E-state index in [-0.39, 0.29) is 5.76 Å². The molecule has 18 heavy (non-hydrogen) atoms. The SMILES string of the molecule is CC(=O)NC(=O)c1ccc(-c2ccc(Br)cc2)o1. The summed E-state index contributed by atoms with van der Waals surface area (Å²) in [7, 11) is 0. The molecule has 5 heteroatoms. The van der Waals surface area contributed by atoms with Gasteiger partial charge in [0, 0.05) is 17.0 Å². The van der Waals surface area contributed by atoms with Crippen LogP contribution < -0.4 is 5.32 Å². The molecule has 92 valence electrons. The first-order valence-electron chi connectivity index (χ1n) is 5.24. The zero-order valence-electron chi connectivity index (χ0n) is 9.57. The van der Waals surface area contributed by atoms with E-state index < -0.39 is 11.8 Å². The lowest BCUT2D eigenvalue weighted by Crippen LogP contribution is -2.27. The molecule has 0 aliphatic heterocycles. The van der Waals surface area contributed by atoms with Crippen LogP contribution in [0.5, 0.6) is 0 Å². The highest BCUT2D eigenvalue weighted by atomic mass is 79.9. The van der Waals surface area contributed by atoms with E-state index in [1.54, 1.807) is 6.07 Å². The number of hydrogen-bond acceptors (Lipinski definition) is 3. The molecule has 4 nitrogen and oxygen atoms in total. The molecule has 0 saturated heterocycles. The highest BCUT2D eigenvalue weighted by Crippen LogP contribution is 2.23. The Labute approximate surface area is 112 Å². The average Bonchev–Trinajstić information content (AvgIpc) is 2.78. The van der Waals surface area contributed by atoms with Crippen molar-refractivity contribution >= 4 is 27.7 Å². The Hall–Kier alpha value is -1.88. The lowest BCUT2D eigenvalue weighted by molar-refractivity contribution is -0.118. The van der Waals surface area contributed by atoms with Crippen LogP contribution in [0.2, 0.25) is 0 Å². The fourth-order valence-corrected chi connectivity index (χ4v) is 1.72. The fourth-order valence-electron chi connectivity index (χ4n) is 1.45. The maximum absolute atomic E-state index is 11.5. The van der Waals surface area contributed by atoms with Crippen LogP contribution in [-0.2, 0) is 4.79 Å². The second-order valence-electron chi connectivity index (χ2n) is 3.68. The molecule has 0 saturated carbocycles. The first kappa shape index (κ1) is 12.6. The summed E-state index contributed by atoms with van der Waals surface area (Å²) in [5, 5.41) is 2.15. The van der Waals surface area contributed by atoms with E-state index in [0.29, 0.717) is 5.76 Å². The van der Waals surface area contributed by atoms with Crippen molar-refractivity contribution in [3.63, 3.8) is 0 Å². The van der Waals surface area contributed by atoms with Crippen LogP contribution in [0, 0.1) is 0 Å². The molecule has 1 aromatic heterocycles. The smallest absolute Gasteiger partial charge is 0.293 e. The quantitative estimate of drug-likeness (QED) is 0.928. The van der Waals surface area contributed by atoms with Gasteiger partial charge in [-0.25, -0.2) is 0 Å². The van der Waals surface area contributed by atoms with Crippen molar-refractivity contribution in [2.24, 2.45) is 0 Å². The van der Waals surface area contributed by atoms with E-state index in [2.05, 4.69) is 21.2 Å². The molecule has 2 amide bonds. The van der Waals surface area contributed by atoms with Crippen molar-refractivity contribution in [3.8, 4) is 11.3 Å². The molecule has 2 aromatic rings. The van der Waals surface area contributed by atoms with E-state index in [1.807, 2.05) is 24.3 Å². The minimum absolute atomic E-state index is 0.114. The van der Waals surface area contributed by atoms with Gasteiger partial charge in [-0.2, -0.15) is 0 Å². The Morgan fingerprint density at radius 3 is 2.39 bits per heavy atom. The third kappa shape index (κ3) is 2.87. The fraction of sp³-hybridized carbons (Fsp3) is 0.0769. The molecule has 2 rings (SSSR count). The average molecular weight is 308 g/mol. The zero-order chi connectivity index (χ0) is 13.1. The van der Waals surface area contributed by atoms with E-state index >= 15 is 0 Å². The topological polar surface area (TPSA) is 59.3 Å². The van der Waals surface area contributed by atoms with Crippen molar-refractivity contribution in [2.45, 2.75) is 6.92 Å². The van der Waals surface area contributed by atoms with Crippen LogP contribution >= 0.6 is 15.9 Å². The van der Waals surface area contributed by atoms with E-state index in [9.17, 15) is 9.59 Å². The summed E-state index contributed by atoms with van der Waals surface area (Å²) in [4.78, 5) is 22.3. The van der Waals surface area contributed by atoms with Crippen molar-refractivity contribution in [1.29, 1.82) is 0 Å². The van der Waals surface area contributed by atoms with Crippen molar-refractivity contribution in [1.82, 2.24) is 5.32 Å². The van der Waals surface area contributed by atoms with Crippen molar-refractivity contribution < 1.29 is 14.0 Å². The number of imide groups is 1. The lowest BCUT2D eigenvalue weighted by atomic mass is 10.2. The van der Waals surface area contributed by atoms with Crippen LogP contribution in [0.4, 0.5) is 0 Å². The highest BCUT2D eigenvalue weighted by Gasteiger charge is 2.13. The maximum atomic E-state index is 11.5. The van der Waals surface area contributed by atoms with Gasteiger partial charge in [0.15, 0.2) is 5.76 Å². The number of nitrogens with one attached hydrogen (secondary N) is 1. The summed E-state index contributed by atoms with van der Waals surface area (Å²) in [6, 6.07) is 10.7. The Bertz CT molecular complexity index is 587. The molecule has 0 atom stereocenters. The number of carbonyl (C=O) groups is 2. The van der Waals surface area contributed by atoms with Crippen molar-refractivity contribution in [2.75, 3.05) is 0 Å². The Kier molecular flexibility index (Phi) is 3.62. The Morgan fingerprint density at radius 2 is 1.78 bits per heavy atom. The molecular weight excluding hydrogens is 298 g/mol. The van der Waals surface area contributed by atoms with E-state index in [4.69, 9.17) is 4.42 Å². The van der Waals surface area contributed by atoms with E-state index in [0.717, 1.165) is 10.0 Å². The van der Waals surface area contributed by atoms with Gasteiger partial charge in [0.1, 0.15) is 5.76 Å². The van der Waals surface area contributed by atoms with Gasteiger partial charge in [0.05, 0.1) is 0 Å². The van der Waals surface area contributed by atoms with Gasteiger partial charge in [-0.1, -0.05) is 28.1 Å². The molecule has 0 fully saturated rings. The summed E-state index contributed by atoms with van der Waals surface area (Å²) >= 11 is 3.34. The molecular formula is C13H10BrNO3. The molecule has 0 aliphatic rings. The highest BCUT2D eigenvalue weighted by molar-refractivity contribution is 9.10. The molecule has 0 radical (unpaired) electrons. The molecule has 1 heterocycles. The number of hydrogen-bond donors (Lipinski definition) is 1. The molecule has 0 aliphatic carbocycles. The summed E-state index contributed by atoms with van der Waals surface area (Å²) in [6.45, 7) is 1.27. The summed E-state index contributed by atoms with van der Waals surface area (Å²) < 4.78 is 6.36. The van der Waals surface area contributed by atoms with Gasteiger partial charge in [-0.15, -0.1) is 0 Å². The molecule has 0 spiro atoms. The first-order chi connectivity index (χ1) is 8.56. The van der Waals surface area contributed by atoms with Gasteiger partial charge in [0.25, 0.3) is 5.91 Å². The minimum atomic E-state index is -0.536. The minimum Gasteiger partial charge on any atom is -0.451 e. The van der Waals surface area contributed by atoms with Gasteiger partial charge in [0.2, 0.25) is 5.91 Å². The zero-order valence-corrected chi connectivity index (χ0v) is 11.2. The number of amides is 2. The maximum Gasteiger partial charge on any atom is 0.293 e. The summed E-state index contributed by atoms with van der Waals surface area (Å²) in [5.41, 5.74) is 0.861. The monoisotopic (exact) mass is 307 g/mol. The van der Waals surface area contributed by atoms with Crippen LogP contribution in [0.3, 0.4) is 0 Å². The van der Waals surface area contributed by atoms with Gasteiger partial charge < -0.3 is 4.42 Å². The predicted octanol–water partition coefficient (Wildman–Crippen LogP) is 2.99. The van der Waals surface area contributed by atoms with Gasteiger partial charge in [-0.05, 0) is 24.3 Å². The van der Waals surface area contributed by atoms with Crippen LogP contribution in [-0.4, -0.2) is 11.8 Å². The molecule has 0 bridgehead atoms. The lowest BCUT2D eigenvalue weighted by Gasteiger charge is -1.98. The largest absolute Gasteiger partial charge is 0.451 e. The molecule has 0 unspecified atom stereocenters. The number of benzene rings is 1. The second-order valence-corrected chi connectivity index (χ2v) is 4.60. The number of carbonyl (C=O) groups excluding carboxylic acids is 2. The summed E-state index contributed by atoms with van der Waals surface area (Å²) in [6.07, 6.45) is 0. The number of halogens is 1. The third-order valence-electron chi connectivity index (χ3n) is 2.25. The third-order valence-corrected chi connectivity index (χ3v) is 2.78. The standard InChI is InChI=1S/C13H10BrNO3/c1-8(16)15-13(17)12-7-6-11(18-12)9-2-4-10(14)5-3-9/h2-7H,1H3,(H,15,16,17). The molecule has 1 aromatic carbocycles. The van der Waals surface area contributed by atoms with Gasteiger partial charge in [-0.3, -0.25) is 14.9 Å². The van der Waals surface area contributed by atoms with Crippen LogP contribution in [0.25, 0.3) is 11.3 Å². The Balaban J connectivity index is 2.22. The predicted molar refractivity (Wildman–Crippen MR) is 70.0 cm³/mol. The molecule has 1 N–H and O–H groups in total. The number of rotatable bonds is 2. The normalized spacial score (nSPS) is 10.1. The van der Waals surface area contributed by atoms with Crippen LogP contribution in [0.1, 0.15) is 17.5 Å².